The van der Waals surface area contributed by atoms with Crippen molar-refractivity contribution in [1.82, 2.24) is 0 Å². The molecular formula is C17H23NO6S. The third-order valence-electron chi connectivity index (χ3n) is 2.76. The van der Waals surface area contributed by atoms with Gasteiger partial charge in [-0.2, -0.15) is 0 Å². The van der Waals surface area contributed by atoms with E-state index in [0.29, 0.717) is 5.56 Å². The van der Waals surface area contributed by atoms with Crippen molar-refractivity contribution in [3.8, 4) is 0 Å². The molecule has 0 atom stereocenters. The number of ether oxygens (including phenoxy) is 3. The van der Waals surface area contributed by atoms with Gasteiger partial charge in [0.25, 0.3) is 0 Å². The minimum atomic E-state index is -0.731. The molecular weight excluding hydrogens is 346 g/mol. The fourth-order valence-corrected chi connectivity index (χ4v) is 2.92. The molecule has 0 aliphatic heterocycles. The molecule has 8 heteroatoms. The first kappa shape index (κ1) is 20.7. The second kappa shape index (κ2) is 8.66. The van der Waals surface area contributed by atoms with E-state index in [1.165, 1.54) is 6.08 Å². The number of thiophene rings is 1. The monoisotopic (exact) mass is 369 g/mol. The van der Waals surface area contributed by atoms with Gasteiger partial charge in [-0.3, -0.25) is 5.32 Å². The maximum atomic E-state index is 12.2. The molecule has 0 aromatic carbocycles. The first-order chi connectivity index (χ1) is 11.6. The molecule has 138 valence electrons. The van der Waals surface area contributed by atoms with E-state index < -0.39 is 23.6 Å². The van der Waals surface area contributed by atoms with Gasteiger partial charge in [-0.25, -0.2) is 14.4 Å². The lowest BCUT2D eigenvalue weighted by atomic mass is 10.1. The van der Waals surface area contributed by atoms with Gasteiger partial charge in [0, 0.05) is 0 Å². The Balaban J connectivity index is 3.20. The summed E-state index contributed by atoms with van der Waals surface area (Å²) in [5.41, 5.74) is -0.210. The molecule has 0 aliphatic rings. The molecule has 1 aromatic rings. The average molecular weight is 369 g/mol. The molecule has 0 radical (unpaired) electrons. The second-order valence-electron chi connectivity index (χ2n) is 5.99. The van der Waals surface area contributed by atoms with Crippen LogP contribution >= 0.6 is 11.3 Å². The molecule has 25 heavy (non-hydrogen) atoms. The van der Waals surface area contributed by atoms with Crippen molar-refractivity contribution in [3.05, 3.63) is 28.7 Å². The first-order valence-electron chi connectivity index (χ1n) is 7.69. The van der Waals surface area contributed by atoms with Crippen molar-refractivity contribution in [2.45, 2.75) is 40.2 Å². The van der Waals surface area contributed by atoms with Crippen molar-refractivity contribution in [2.24, 2.45) is 0 Å². The highest BCUT2D eigenvalue weighted by Gasteiger charge is 2.28. The molecule has 0 fully saturated rings. The van der Waals surface area contributed by atoms with Crippen LogP contribution < -0.4 is 5.32 Å². The summed E-state index contributed by atoms with van der Waals surface area (Å²) in [5, 5.41) is 2.68. The highest BCUT2D eigenvalue weighted by atomic mass is 32.1. The van der Waals surface area contributed by atoms with Gasteiger partial charge in [-0.15, -0.1) is 11.3 Å². The Morgan fingerprint density at radius 3 is 2.36 bits per heavy atom. The predicted octanol–water partition coefficient (Wildman–Crippen LogP) is 3.92. The lowest BCUT2D eigenvalue weighted by Gasteiger charge is -2.19. The van der Waals surface area contributed by atoms with E-state index in [0.717, 1.165) is 11.3 Å². The number of amides is 1. The Morgan fingerprint density at radius 2 is 1.84 bits per heavy atom. The Hall–Kier alpha value is -2.35. The van der Waals surface area contributed by atoms with Gasteiger partial charge in [-0.1, -0.05) is 12.7 Å². The fraction of sp³-hybridized carbons (Fsp3) is 0.471. The first-order valence-corrected chi connectivity index (χ1v) is 8.50. The van der Waals surface area contributed by atoms with E-state index in [4.69, 9.17) is 14.2 Å². The summed E-state index contributed by atoms with van der Waals surface area (Å²) >= 11 is 0.932. The van der Waals surface area contributed by atoms with E-state index in [-0.39, 0.29) is 28.7 Å². The molecule has 7 nitrogen and oxygen atoms in total. The molecule has 0 bridgehead atoms. The van der Waals surface area contributed by atoms with Gasteiger partial charge in [-0.05, 0) is 40.2 Å². The minimum absolute atomic E-state index is 0.0414. The topological polar surface area (TPSA) is 90.9 Å². The number of carbonyl (C=O) groups excluding carboxylic acids is 3. The van der Waals surface area contributed by atoms with E-state index in [1.54, 1.807) is 34.6 Å². The van der Waals surface area contributed by atoms with Crippen LogP contribution in [-0.4, -0.2) is 36.8 Å². The number of rotatable bonds is 6. The number of carbonyl (C=O) groups is 3. The third kappa shape index (κ3) is 5.90. The molecule has 1 rings (SSSR count). The van der Waals surface area contributed by atoms with Gasteiger partial charge in [0.1, 0.15) is 22.1 Å². The van der Waals surface area contributed by atoms with Crippen molar-refractivity contribution in [1.29, 1.82) is 0 Å². The second-order valence-corrected chi connectivity index (χ2v) is 7.02. The Labute approximate surface area is 151 Å². The number of hydrogen-bond donors (Lipinski definition) is 1. The normalized spacial score (nSPS) is 10.8. The van der Waals surface area contributed by atoms with E-state index in [9.17, 15) is 14.4 Å². The molecule has 1 N–H and O–H groups in total. The van der Waals surface area contributed by atoms with Crippen LogP contribution in [0.15, 0.2) is 12.7 Å². The number of hydrogen-bond acceptors (Lipinski definition) is 7. The van der Waals surface area contributed by atoms with Crippen LogP contribution in [0.1, 0.15) is 53.3 Å². The van der Waals surface area contributed by atoms with Crippen LogP contribution in [0.2, 0.25) is 0 Å². The van der Waals surface area contributed by atoms with Gasteiger partial charge in [0.05, 0.1) is 12.2 Å². The number of esters is 2. The Morgan fingerprint density at radius 1 is 1.20 bits per heavy atom. The smallest absolute Gasteiger partial charge is 0.412 e. The van der Waals surface area contributed by atoms with Crippen molar-refractivity contribution < 1.29 is 28.6 Å². The SMILES string of the molecule is C=CCOC(=O)c1sc(NC(=O)OC(C)(C)C)c(C(=O)OCC)c1C. The van der Waals surface area contributed by atoms with Crippen LogP contribution in [0.25, 0.3) is 0 Å². The van der Waals surface area contributed by atoms with Gasteiger partial charge < -0.3 is 14.2 Å². The summed E-state index contributed by atoms with van der Waals surface area (Å²) in [4.78, 5) is 36.6. The summed E-state index contributed by atoms with van der Waals surface area (Å²) in [7, 11) is 0. The van der Waals surface area contributed by atoms with Gasteiger partial charge in [0.15, 0.2) is 0 Å². The summed E-state index contributed by atoms with van der Waals surface area (Å²) in [6.07, 6.45) is 0.706. The molecule has 0 saturated carbocycles. The molecule has 0 saturated heterocycles. The quantitative estimate of drug-likeness (QED) is 0.464. The minimum Gasteiger partial charge on any atom is -0.462 e. The van der Waals surface area contributed by atoms with E-state index >= 15 is 0 Å². The predicted molar refractivity (Wildman–Crippen MR) is 95.3 cm³/mol. The standard InChI is InChI=1S/C17H23NO6S/c1-7-9-23-15(20)12-10(3)11(14(19)22-8-2)13(25-12)18-16(21)24-17(4,5)6/h7H,1,8-9H2,2-6H3,(H,18,21). The molecule has 0 aliphatic carbocycles. The number of anilines is 1. The molecule has 0 spiro atoms. The summed E-state index contributed by atoms with van der Waals surface area (Å²) in [6.45, 7) is 12.1. The Kier molecular flexibility index (Phi) is 7.17. The molecule has 1 amide bonds. The lowest BCUT2D eigenvalue weighted by Crippen LogP contribution is -2.27. The third-order valence-corrected chi connectivity index (χ3v) is 3.95. The molecule has 0 unspecified atom stereocenters. The van der Waals surface area contributed by atoms with Gasteiger partial charge in [0.2, 0.25) is 0 Å². The van der Waals surface area contributed by atoms with Crippen molar-refractivity contribution >= 4 is 34.4 Å². The summed E-state index contributed by atoms with van der Waals surface area (Å²) < 4.78 is 15.2. The van der Waals surface area contributed by atoms with Crippen LogP contribution in [-0.2, 0) is 14.2 Å². The zero-order chi connectivity index (χ0) is 19.2. The van der Waals surface area contributed by atoms with Crippen LogP contribution in [0.5, 0.6) is 0 Å². The zero-order valence-electron chi connectivity index (χ0n) is 15.1. The summed E-state index contributed by atoms with van der Waals surface area (Å²) in [5.74, 6) is -1.24. The Bertz CT molecular complexity index is 671. The summed E-state index contributed by atoms with van der Waals surface area (Å²) in [6, 6.07) is 0. The molecule has 1 aromatic heterocycles. The fourth-order valence-electron chi connectivity index (χ4n) is 1.84. The van der Waals surface area contributed by atoms with Crippen LogP contribution in [0.3, 0.4) is 0 Å². The van der Waals surface area contributed by atoms with Crippen LogP contribution in [0.4, 0.5) is 9.80 Å². The maximum Gasteiger partial charge on any atom is 0.412 e. The van der Waals surface area contributed by atoms with E-state index in [1.807, 2.05) is 0 Å². The largest absolute Gasteiger partial charge is 0.462 e. The van der Waals surface area contributed by atoms with Crippen molar-refractivity contribution in [3.63, 3.8) is 0 Å². The lowest BCUT2D eigenvalue weighted by molar-refractivity contribution is 0.0527. The van der Waals surface area contributed by atoms with Gasteiger partial charge >= 0.3 is 18.0 Å². The maximum absolute atomic E-state index is 12.2. The van der Waals surface area contributed by atoms with E-state index in [2.05, 4.69) is 11.9 Å². The average Bonchev–Trinajstić information content (AvgIpc) is 2.79. The van der Waals surface area contributed by atoms with Crippen molar-refractivity contribution in [2.75, 3.05) is 18.5 Å². The van der Waals surface area contributed by atoms with Crippen LogP contribution in [0, 0.1) is 6.92 Å². The highest BCUT2D eigenvalue weighted by Crippen LogP contribution is 2.34. The highest BCUT2D eigenvalue weighted by molar-refractivity contribution is 7.18. The zero-order valence-corrected chi connectivity index (χ0v) is 15.9. The molecule has 1 heterocycles. The number of nitrogens with one attached hydrogen (secondary N) is 1.